The zero-order chi connectivity index (χ0) is 14.8. The summed E-state index contributed by atoms with van der Waals surface area (Å²) < 4.78 is 41.1. The molecule has 0 aliphatic heterocycles. The summed E-state index contributed by atoms with van der Waals surface area (Å²) in [6, 6.07) is 5.12. The highest BCUT2D eigenvalue weighted by molar-refractivity contribution is 7.89. The van der Waals surface area contributed by atoms with Crippen LogP contribution in [0.5, 0.6) is 0 Å². The molecule has 0 fully saturated rings. The van der Waals surface area contributed by atoms with Crippen LogP contribution in [-0.4, -0.2) is 24.7 Å². The third-order valence-corrected chi connectivity index (χ3v) is 4.33. The van der Waals surface area contributed by atoms with Crippen molar-refractivity contribution in [3.63, 3.8) is 0 Å². The average Bonchev–Trinajstić information content (AvgIpc) is 2.78. The molecule has 2 aromatic rings. The van der Waals surface area contributed by atoms with E-state index >= 15 is 0 Å². The molecule has 0 atom stereocenters. The number of halogens is 1. The minimum Gasteiger partial charge on any atom is -0.396 e. The van der Waals surface area contributed by atoms with Crippen molar-refractivity contribution in [2.24, 2.45) is 7.05 Å². The summed E-state index contributed by atoms with van der Waals surface area (Å²) in [4.78, 5) is -0.0543. The number of anilines is 1. The normalized spacial score (nSPS) is 11.7. The second kappa shape index (κ2) is 5.59. The fraction of sp³-hybridized carbons (Fsp3) is 0.250. The standard InChI is InChI=1S/C12H15FN4O2S/c1-17-9(4-6-15-17)5-7-16-20(18,19)10-2-3-11(13)12(14)8-10/h2-4,6,8,16H,5,7,14H2,1H3. The van der Waals surface area contributed by atoms with Crippen LogP contribution in [0.2, 0.25) is 0 Å². The summed E-state index contributed by atoms with van der Waals surface area (Å²) in [6.45, 7) is 0.221. The first-order chi connectivity index (χ1) is 9.40. The minimum atomic E-state index is -3.69. The molecule has 8 heteroatoms. The molecule has 0 saturated carbocycles. The maximum absolute atomic E-state index is 13.0. The molecule has 0 amide bonds. The number of hydrogen-bond donors (Lipinski definition) is 2. The average molecular weight is 298 g/mol. The van der Waals surface area contributed by atoms with Gasteiger partial charge in [0.25, 0.3) is 0 Å². The van der Waals surface area contributed by atoms with Crippen LogP contribution in [0.25, 0.3) is 0 Å². The number of benzene rings is 1. The van der Waals surface area contributed by atoms with Crippen LogP contribution in [0.3, 0.4) is 0 Å². The summed E-state index contributed by atoms with van der Waals surface area (Å²) >= 11 is 0. The third kappa shape index (κ3) is 3.14. The van der Waals surface area contributed by atoms with E-state index in [0.29, 0.717) is 6.42 Å². The number of sulfonamides is 1. The van der Waals surface area contributed by atoms with Gasteiger partial charge in [-0.05, 0) is 24.3 Å². The molecule has 1 aromatic carbocycles. The molecule has 1 heterocycles. The van der Waals surface area contributed by atoms with Crippen LogP contribution in [0.4, 0.5) is 10.1 Å². The molecular formula is C12H15FN4O2S. The number of rotatable bonds is 5. The molecule has 3 N–H and O–H groups in total. The highest BCUT2D eigenvalue weighted by atomic mass is 32.2. The Hall–Kier alpha value is -1.93. The molecule has 0 bridgehead atoms. The fourth-order valence-corrected chi connectivity index (χ4v) is 2.80. The highest BCUT2D eigenvalue weighted by Gasteiger charge is 2.15. The van der Waals surface area contributed by atoms with Gasteiger partial charge in [-0.2, -0.15) is 5.10 Å². The molecule has 0 saturated heterocycles. The zero-order valence-electron chi connectivity index (χ0n) is 10.9. The lowest BCUT2D eigenvalue weighted by Gasteiger charge is -2.08. The maximum atomic E-state index is 13.0. The van der Waals surface area contributed by atoms with Crippen molar-refractivity contribution in [2.45, 2.75) is 11.3 Å². The van der Waals surface area contributed by atoms with E-state index in [4.69, 9.17) is 5.73 Å². The molecular weight excluding hydrogens is 283 g/mol. The van der Waals surface area contributed by atoms with Crippen LogP contribution < -0.4 is 10.5 Å². The van der Waals surface area contributed by atoms with Crippen LogP contribution in [-0.2, 0) is 23.5 Å². The van der Waals surface area contributed by atoms with E-state index < -0.39 is 15.8 Å². The molecule has 0 aliphatic carbocycles. The van der Waals surface area contributed by atoms with Gasteiger partial charge < -0.3 is 5.73 Å². The Morgan fingerprint density at radius 2 is 2.15 bits per heavy atom. The minimum absolute atomic E-state index is 0.0543. The number of aromatic nitrogens is 2. The Bertz CT molecular complexity index is 712. The molecule has 20 heavy (non-hydrogen) atoms. The summed E-state index contributed by atoms with van der Waals surface area (Å²) in [6.07, 6.45) is 2.15. The summed E-state index contributed by atoms with van der Waals surface area (Å²) in [5.41, 5.74) is 6.08. The van der Waals surface area contributed by atoms with Crippen molar-refractivity contribution in [1.29, 1.82) is 0 Å². The van der Waals surface area contributed by atoms with Gasteiger partial charge in [-0.25, -0.2) is 17.5 Å². The van der Waals surface area contributed by atoms with Crippen molar-refractivity contribution in [3.05, 3.63) is 42.0 Å². The first-order valence-corrected chi connectivity index (χ1v) is 7.40. The Kier molecular flexibility index (Phi) is 4.05. The number of nitrogens with zero attached hydrogens (tertiary/aromatic N) is 2. The Morgan fingerprint density at radius 1 is 1.40 bits per heavy atom. The van der Waals surface area contributed by atoms with Gasteiger partial charge in [-0.3, -0.25) is 4.68 Å². The van der Waals surface area contributed by atoms with Gasteiger partial charge in [0.1, 0.15) is 5.82 Å². The number of nitrogens with two attached hydrogens (primary N) is 1. The fourth-order valence-electron chi connectivity index (χ4n) is 1.73. The largest absolute Gasteiger partial charge is 0.396 e. The van der Waals surface area contributed by atoms with E-state index in [1.807, 2.05) is 6.07 Å². The summed E-state index contributed by atoms with van der Waals surface area (Å²) in [5, 5.41) is 3.99. The molecule has 0 aliphatic rings. The van der Waals surface area contributed by atoms with Crippen LogP contribution >= 0.6 is 0 Å². The monoisotopic (exact) mass is 298 g/mol. The van der Waals surface area contributed by atoms with Crippen molar-refractivity contribution in [2.75, 3.05) is 12.3 Å². The van der Waals surface area contributed by atoms with E-state index in [1.54, 1.807) is 17.9 Å². The van der Waals surface area contributed by atoms with Gasteiger partial charge in [0, 0.05) is 31.9 Å². The topological polar surface area (TPSA) is 90.0 Å². The lowest BCUT2D eigenvalue weighted by molar-refractivity contribution is 0.579. The Labute approximate surface area is 116 Å². The number of hydrogen-bond acceptors (Lipinski definition) is 4. The number of nitrogens with one attached hydrogen (secondary N) is 1. The molecule has 0 unspecified atom stereocenters. The van der Waals surface area contributed by atoms with Crippen molar-refractivity contribution < 1.29 is 12.8 Å². The molecule has 108 valence electrons. The second-order valence-electron chi connectivity index (χ2n) is 4.28. The van der Waals surface area contributed by atoms with Gasteiger partial charge in [-0.1, -0.05) is 0 Å². The second-order valence-corrected chi connectivity index (χ2v) is 6.04. The smallest absolute Gasteiger partial charge is 0.240 e. The lowest BCUT2D eigenvalue weighted by atomic mass is 10.3. The Morgan fingerprint density at radius 3 is 2.75 bits per heavy atom. The lowest BCUT2D eigenvalue weighted by Crippen LogP contribution is -2.26. The maximum Gasteiger partial charge on any atom is 0.240 e. The summed E-state index contributed by atoms with van der Waals surface area (Å²) in [7, 11) is -1.91. The molecule has 0 spiro atoms. The first-order valence-electron chi connectivity index (χ1n) is 5.92. The first kappa shape index (κ1) is 14.5. The van der Waals surface area contributed by atoms with E-state index in [9.17, 15) is 12.8 Å². The number of nitrogen functional groups attached to an aromatic ring is 1. The van der Waals surface area contributed by atoms with Gasteiger partial charge in [0.15, 0.2) is 0 Å². The number of aryl methyl sites for hydroxylation is 1. The highest BCUT2D eigenvalue weighted by Crippen LogP contribution is 2.16. The summed E-state index contributed by atoms with van der Waals surface area (Å²) in [5.74, 6) is -0.640. The van der Waals surface area contributed by atoms with Crippen molar-refractivity contribution >= 4 is 15.7 Å². The predicted octanol–water partition coefficient (Wildman–Crippen LogP) is 0.662. The SMILES string of the molecule is Cn1nccc1CCNS(=O)(=O)c1ccc(F)c(N)c1. The quantitative estimate of drug-likeness (QED) is 0.794. The van der Waals surface area contributed by atoms with Crippen LogP contribution in [0.15, 0.2) is 35.4 Å². The van der Waals surface area contributed by atoms with Gasteiger partial charge in [0.05, 0.1) is 10.6 Å². The van der Waals surface area contributed by atoms with E-state index in [1.165, 1.54) is 6.07 Å². The van der Waals surface area contributed by atoms with Crippen molar-refractivity contribution in [3.8, 4) is 0 Å². The zero-order valence-corrected chi connectivity index (χ0v) is 11.7. The van der Waals surface area contributed by atoms with E-state index in [-0.39, 0.29) is 17.1 Å². The molecule has 2 rings (SSSR count). The van der Waals surface area contributed by atoms with Gasteiger partial charge in [-0.15, -0.1) is 0 Å². The van der Waals surface area contributed by atoms with Crippen molar-refractivity contribution in [1.82, 2.24) is 14.5 Å². The third-order valence-electron chi connectivity index (χ3n) is 2.87. The van der Waals surface area contributed by atoms with E-state index in [0.717, 1.165) is 17.8 Å². The molecule has 0 radical (unpaired) electrons. The van der Waals surface area contributed by atoms with Gasteiger partial charge >= 0.3 is 0 Å². The molecule has 1 aromatic heterocycles. The molecule has 6 nitrogen and oxygen atoms in total. The predicted molar refractivity (Wildman–Crippen MR) is 72.9 cm³/mol. The Balaban J connectivity index is 2.04. The van der Waals surface area contributed by atoms with Gasteiger partial charge in [0.2, 0.25) is 10.0 Å². The van der Waals surface area contributed by atoms with Crippen LogP contribution in [0, 0.1) is 5.82 Å². The van der Waals surface area contributed by atoms with E-state index in [2.05, 4.69) is 9.82 Å². The van der Waals surface area contributed by atoms with Crippen LogP contribution in [0.1, 0.15) is 5.69 Å².